The molecule has 0 radical (unpaired) electrons. The van der Waals surface area contributed by atoms with Crippen LogP contribution in [-0.4, -0.2) is 24.2 Å². The standard InChI is InChI=1S/C19H18N2O4S/c1-18-11-12-20(14-19(18,13-18)15-5-3-2-4-6-15)26(24,25)17-9-7-16(8-10-17)21(22)23/h2-12H,13-14H2,1H3/t18-,19-/m0/s1. The SMILES string of the molecule is C[C@@]12C=CN(S(=O)(=O)c3ccc([N+](=O)[O-])cc3)C[C@]1(c1ccccc1)C2. The number of benzene rings is 2. The summed E-state index contributed by atoms with van der Waals surface area (Å²) < 4.78 is 27.4. The molecule has 1 aliphatic heterocycles. The number of sulfonamides is 1. The van der Waals surface area contributed by atoms with Crippen molar-refractivity contribution in [2.24, 2.45) is 5.41 Å². The van der Waals surface area contributed by atoms with Crippen molar-refractivity contribution in [2.45, 2.75) is 23.7 Å². The monoisotopic (exact) mass is 370 g/mol. The van der Waals surface area contributed by atoms with Gasteiger partial charge in [0.15, 0.2) is 0 Å². The highest BCUT2D eigenvalue weighted by atomic mass is 32.2. The van der Waals surface area contributed by atoms with Gasteiger partial charge < -0.3 is 0 Å². The predicted molar refractivity (Wildman–Crippen MR) is 97.0 cm³/mol. The summed E-state index contributed by atoms with van der Waals surface area (Å²) in [5, 5.41) is 10.8. The summed E-state index contributed by atoms with van der Waals surface area (Å²) in [5.74, 6) is 0. The molecule has 0 saturated heterocycles. The molecule has 2 aromatic rings. The van der Waals surface area contributed by atoms with Gasteiger partial charge in [-0.15, -0.1) is 0 Å². The van der Waals surface area contributed by atoms with Crippen LogP contribution in [0.4, 0.5) is 5.69 Å². The van der Waals surface area contributed by atoms with Crippen molar-refractivity contribution < 1.29 is 13.3 Å². The fourth-order valence-corrected chi connectivity index (χ4v) is 5.29. The zero-order chi connectivity index (χ0) is 18.6. The lowest BCUT2D eigenvalue weighted by atomic mass is 9.85. The van der Waals surface area contributed by atoms with Crippen molar-refractivity contribution >= 4 is 15.7 Å². The van der Waals surface area contributed by atoms with Crippen molar-refractivity contribution in [3.8, 4) is 0 Å². The molecule has 2 atom stereocenters. The minimum absolute atomic E-state index is 0.0458. The first-order chi connectivity index (χ1) is 12.3. The molecule has 2 aromatic carbocycles. The first-order valence-electron chi connectivity index (χ1n) is 8.30. The molecule has 0 unspecified atom stereocenters. The number of allylic oxidation sites excluding steroid dienone is 1. The van der Waals surface area contributed by atoms with E-state index in [0.29, 0.717) is 6.54 Å². The third-order valence-corrected chi connectivity index (χ3v) is 7.39. The van der Waals surface area contributed by atoms with Gasteiger partial charge in [0.25, 0.3) is 15.7 Å². The molecule has 1 saturated carbocycles. The fraction of sp³-hybridized carbons (Fsp3) is 0.263. The molecule has 134 valence electrons. The van der Waals surface area contributed by atoms with Crippen molar-refractivity contribution in [2.75, 3.05) is 6.54 Å². The lowest BCUT2D eigenvalue weighted by molar-refractivity contribution is -0.384. The van der Waals surface area contributed by atoms with E-state index in [1.165, 1.54) is 28.6 Å². The second kappa shape index (κ2) is 5.41. The van der Waals surface area contributed by atoms with Gasteiger partial charge in [0, 0.05) is 30.3 Å². The van der Waals surface area contributed by atoms with Gasteiger partial charge in [-0.2, -0.15) is 0 Å². The average molecular weight is 370 g/mol. The summed E-state index contributed by atoms with van der Waals surface area (Å²) in [5.41, 5.74) is 0.733. The molecule has 1 heterocycles. The van der Waals surface area contributed by atoms with Crippen molar-refractivity contribution in [3.63, 3.8) is 0 Å². The summed E-state index contributed by atoms with van der Waals surface area (Å²) in [7, 11) is -3.76. The zero-order valence-corrected chi connectivity index (χ0v) is 15.0. The van der Waals surface area contributed by atoms with E-state index >= 15 is 0 Å². The highest BCUT2D eigenvalue weighted by molar-refractivity contribution is 7.89. The molecule has 0 spiro atoms. The van der Waals surface area contributed by atoms with Gasteiger partial charge in [-0.3, -0.25) is 14.4 Å². The third-order valence-electron chi connectivity index (χ3n) is 5.65. The van der Waals surface area contributed by atoms with Crippen molar-refractivity contribution in [1.82, 2.24) is 4.31 Å². The first kappa shape index (κ1) is 16.8. The Labute approximate surface area is 152 Å². The molecule has 1 aliphatic carbocycles. The lowest BCUT2D eigenvalue weighted by Gasteiger charge is -2.33. The van der Waals surface area contributed by atoms with Crippen molar-refractivity contribution in [1.29, 1.82) is 0 Å². The largest absolute Gasteiger partial charge is 0.273 e. The van der Waals surface area contributed by atoms with E-state index in [0.717, 1.165) is 12.0 Å². The molecule has 2 aliphatic rings. The second-order valence-corrected chi connectivity index (χ2v) is 9.05. The minimum Gasteiger partial charge on any atom is -0.273 e. The van der Waals surface area contributed by atoms with E-state index in [4.69, 9.17) is 0 Å². The lowest BCUT2D eigenvalue weighted by Crippen LogP contribution is -2.38. The van der Waals surface area contributed by atoms with Gasteiger partial charge in [-0.05, 0) is 29.5 Å². The van der Waals surface area contributed by atoms with Crippen LogP contribution in [-0.2, 0) is 15.4 Å². The van der Waals surface area contributed by atoms with Crippen LogP contribution in [0, 0.1) is 15.5 Å². The van der Waals surface area contributed by atoms with Crippen LogP contribution in [0.5, 0.6) is 0 Å². The van der Waals surface area contributed by atoms with Crippen LogP contribution in [0.25, 0.3) is 0 Å². The van der Waals surface area contributed by atoms with Crippen LogP contribution in [0.2, 0.25) is 0 Å². The molecule has 1 fully saturated rings. The number of hydrogen-bond acceptors (Lipinski definition) is 4. The Kier molecular flexibility index (Phi) is 3.49. The average Bonchev–Trinajstić information content (AvgIpc) is 3.29. The molecule has 7 heteroatoms. The Balaban J connectivity index is 1.68. The van der Waals surface area contributed by atoms with E-state index in [2.05, 4.69) is 6.92 Å². The number of nitro benzene ring substituents is 1. The van der Waals surface area contributed by atoms with Gasteiger partial charge in [0.2, 0.25) is 0 Å². The third kappa shape index (κ3) is 2.34. The molecular formula is C19H18N2O4S. The molecule has 26 heavy (non-hydrogen) atoms. The van der Waals surface area contributed by atoms with Crippen molar-refractivity contribution in [3.05, 3.63) is 82.6 Å². The van der Waals surface area contributed by atoms with Gasteiger partial charge in [0.1, 0.15) is 0 Å². The number of non-ortho nitro benzene ring substituents is 1. The van der Waals surface area contributed by atoms with Gasteiger partial charge in [-0.1, -0.05) is 43.3 Å². The van der Waals surface area contributed by atoms with Crippen LogP contribution in [0.1, 0.15) is 18.9 Å². The maximum atomic E-state index is 13.0. The number of rotatable bonds is 4. The van der Waals surface area contributed by atoms with E-state index < -0.39 is 14.9 Å². The summed E-state index contributed by atoms with van der Waals surface area (Å²) >= 11 is 0. The Morgan fingerprint density at radius 1 is 1.08 bits per heavy atom. The fourth-order valence-electron chi connectivity index (χ4n) is 3.92. The second-order valence-electron chi connectivity index (χ2n) is 7.16. The van der Waals surface area contributed by atoms with E-state index in [1.54, 1.807) is 6.20 Å². The quantitative estimate of drug-likeness (QED) is 0.610. The summed E-state index contributed by atoms with van der Waals surface area (Å²) in [6, 6.07) is 15.0. The summed E-state index contributed by atoms with van der Waals surface area (Å²) in [6.07, 6.45) is 4.49. The highest BCUT2D eigenvalue weighted by Gasteiger charge is 2.66. The van der Waals surface area contributed by atoms with Gasteiger partial charge in [0.05, 0.1) is 9.82 Å². The molecule has 0 amide bonds. The number of nitrogens with zero attached hydrogens (tertiary/aromatic N) is 2. The molecular weight excluding hydrogens is 352 g/mol. The molecule has 4 rings (SSSR count). The number of fused-ring (bicyclic) bond motifs is 1. The van der Waals surface area contributed by atoms with Gasteiger partial charge >= 0.3 is 0 Å². The number of nitro groups is 1. The molecule has 6 nitrogen and oxygen atoms in total. The maximum absolute atomic E-state index is 13.0. The van der Waals surface area contributed by atoms with E-state index in [9.17, 15) is 18.5 Å². The van der Waals surface area contributed by atoms with Crippen LogP contribution in [0.3, 0.4) is 0 Å². The molecule has 0 N–H and O–H groups in total. The Hall–Kier alpha value is -2.67. The first-order valence-corrected chi connectivity index (χ1v) is 9.74. The van der Waals surface area contributed by atoms with Gasteiger partial charge in [-0.25, -0.2) is 8.42 Å². The normalized spacial score (nSPS) is 27.0. The van der Waals surface area contributed by atoms with Crippen LogP contribution >= 0.6 is 0 Å². The van der Waals surface area contributed by atoms with E-state index in [-0.39, 0.29) is 21.4 Å². The topological polar surface area (TPSA) is 80.5 Å². The van der Waals surface area contributed by atoms with Crippen LogP contribution in [0.15, 0.2) is 71.8 Å². The number of hydrogen-bond donors (Lipinski definition) is 0. The molecule has 0 bridgehead atoms. The Bertz CT molecular complexity index is 1000. The van der Waals surface area contributed by atoms with Crippen LogP contribution < -0.4 is 0 Å². The minimum atomic E-state index is -3.76. The predicted octanol–water partition coefficient (Wildman–Crippen LogP) is 3.46. The zero-order valence-electron chi connectivity index (χ0n) is 14.2. The summed E-state index contributed by atoms with van der Waals surface area (Å²) in [6.45, 7) is 2.51. The highest BCUT2D eigenvalue weighted by Crippen LogP contribution is 2.67. The maximum Gasteiger partial charge on any atom is 0.269 e. The Morgan fingerprint density at radius 3 is 2.35 bits per heavy atom. The van der Waals surface area contributed by atoms with E-state index in [1.807, 2.05) is 36.4 Å². The smallest absolute Gasteiger partial charge is 0.269 e. The summed E-state index contributed by atoms with van der Waals surface area (Å²) in [4.78, 5) is 10.3. The molecule has 0 aromatic heterocycles. The Morgan fingerprint density at radius 2 is 1.73 bits per heavy atom.